The van der Waals surface area contributed by atoms with Crippen LogP contribution in [-0.2, 0) is 10.0 Å². The number of hydrogen-bond donors (Lipinski definition) is 1. The molecule has 1 saturated heterocycles. The fourth-order valence-electron chi connectivity index (χ4n) is 2.76. The number of carbonyl (C=O) groups excluding carboxylic acids is 1. The molecule has 1 aromatic carbocycles. The normalized spacial score (nSPS) is 16.9. The Labute approximate surface area is 141 Å². The summed E-state index contributed by atoms with van der Waals surface area (Å²) in [5, 5.41) is 2.92. The molecule has 0 spiro atoms. The fourth-order valence-corrected chi connectivity index (χ4v) is 4.23. The van der Waals surface area contributed by atoms with E-state index in [0.29, 0.717) is 36.4 Å². The van der Waals surface area contributed by atoms with Gasteiger partial charge in [-0.3, -0.25) is 4.79 Å². The molecule has 6 nitrogen and oxygen atoms in total. The summed E-state index contributed by atoms with van der Waals surface area (Å²) in [6, 6.07) is 8.44. The van der Waals surface area contributed by atoms with Gasteiger partial charge in [0.05, 0.1) is 16.7 Å². The number of rotatable bonds is 4. The molecule has 1 aliphatic rings. The molecule has 1 aromatic heterocycles. The Morgan fingerprint density at radius 1 is 1.17 bits per heavy atom. The number of sulfonamides is 1. The molecule has 0 bridgehead atoms. The lowest BCUT2D eigenvalue weighted by Gasteiger charge is -2.31. The van der Waals surface area contributed by atoms with Crippen LogP contribution in [-0.4, -0.2) is 37.8 Å². The first-order valence-corrected chi connectivity index (χ1v) is 9.31. The number of hydrogen-bond acceptors (Lipinski definition) is 4. The summed E-state index contributed by atoms with van der Waals surface area (Å²) < 4.78 is 31.7. The lowest BCUT2D eigenvalue weighted by Crippen LogP contribution is -2.46. The van der Waals surface area contributed by atoms with Gasteiger partial charge in [0.2, 0.25) is 10.0 Å². The average molecular weight is 348 g/mol. The van der Waals surface area contributed by atoms with E-state index >= 15 is 0 Å². The molecule has 24 heavy (non-hydrogen) atoms. The van der Waals surface area contributed by atoms with Crippen LogP contribution < -0.4 is 5.32 Å². The molecule has 7 heteroatoms. The van der Waals surface area contributed by atoms with Crippen LogP contribution in [0.3, 0.4) is 0 Å². The number of benzene rings is 1. The topological polar surface area (TPSA) is 79.6 Å². The fraction of sp³-hybridized carbons (Fsp3) is 0.353. The number of aryl methyl sites for hydroxylation is 1. The third-order valence-electron chi connectivity index (χ3n) is 4.23. The van der Waals surface area contributed by atoms with Gasteiger partial charge in [-0.15, -0.1) is 0 Å². The minimum atomic E-state index is -3.47. The van der Waals surface area contributed by atoms with E-state index in [1.807, 2.05) is 6.92 Å². The number of carbonyl (C=O) groups is 1. The van der Waals surface area contributed by atoms with Crippen molar-refractivity contribution >= 4 is 15.9 Å². The van der Waals surface area contributed by atoms with Crippen molar-refractivity contribution in [1.82, 2.24) is 9.62 Å². The van der Waals surface area contributed by atoms with E-state index < -0.39 is 10.0 Å². The second-order valence-electron chi connectivity index (χ2n) is 5.98. The quantitative estimate of drug-likeness (QED) is 0.918. The summed E-state index contributed by atoms with van der Waals surface area (Å²) in [7, 11) is -3.47. The number of furan rings is 1. The van der Waals surface area contributed by atoms with Crippen molar-refractivity contribution in [2.75, 3.05) is 13.1 Å². The molecule has 2 heterocycles. The van der Waals surface area contributed by atoms with Gasteiger partial charge in [0, 0.05) is 19.1 Å². The van der Waals surface area contributed by atoms with Crippen LogP contribution in [0.5, 0.6) is 0 Å². The van der Waals surface area contributed by atoms with E-state index in [4.69, 9.17) is 4.42 Å². The van der Waals surface area contributed by atoms with Crippen LogP contribution in [0.1, 0.15) is 28.8 Å². The van der Waals surface area contributed by atoms with Crippen LogP contribution in [0, 0.1) is 6.92 Å². The molecular weight excluding hydrogens is 328 g/mol. The molecule has 0 saturated carbocycles. The zero-order valence-electron chi connectivity index (χ0n) is 13.4. The van der Waals surface area contributed by atoms with Crippen molar-refractivity contribution in [2.45, 2.75) is 30.7 Å². The molecule has 0 atom stereocenters. The van der Waals surface area contributed by atoms with Crippen LogP contribution >= 0.6 is 0 Å². The first-order chi connectivity index (χ1) is 11.5. The summed E-state index contributed by atoms with van der Waals surface area (Å²) >= 11 is 0. The Morgan fingerprint density at radius 2 is 1.83 bits per heavy atom. The summed E-state index contributed by atoms with van der Waals surface area (Å²) in [6.07, 6.45) is 4.03. The van der Waals surface area contributed by atoms with Gasteiger partial charge in [-0.1, -0.05) is 17.7 Å². The van der Waals surface area contributed by atoms with Gasteiger partial charge in [0.1, 0.15) is 6.26 Å². The first-order valence-electron chi connectivity index (χ1n) is 7.87. The molecule has 1 fully saturated rings. The van der Waals surface area contributed by atoms with Gasteiger partial charge in [0.15, 0.2) is 0 Å². The summed E-state index contributed by atoms with van der Waals surface area (Å²) in [4.78, 5) is 12.3. The molecule has 3 rings (SSSR count). The predicted octanol–water partition coefficient (Wildman–Crippen LogP) is 2.17. The van der Waals surface area contributed by atoms with E-state index in [-0.39, 0.29) is 11.9 Å². The molecule has 2 aromatic rings. The predicted molar refractivity (Wildman–Crippen MR) is 89.1 cm³/mol. The van der Waals surface area contributed by atoms with Crippen LogP contribution in [0.25, 0.3) is 0 Å². The number of nitrogens with one attached hydrogen (secondary N) is 1. The summed E-state index contributed by atoms with van der Waals surface area (Å²) in [6.45, 7) is 2.71. The average Bonchev–Trinajstić information content (AvgIpc) is 3.10. The highest BCUT2D eigenvalue weighted by molar-refractivity contribution is 7.89. The Hall–Kier alpha value is -2.12. The molecule has 1 amide bonds. The van der Waals surface area contributed by atoms with E-state index in [0.717, 1.165) is 5.56 Å². The lowest BCUT2D eigenvalue weighted by atomic mass is 10.1. The smallest absolute Gasteiger partial charge is 0.254 e. The Morgan fingerprint density at radius 3 is 2.42 bits per heavy atom. The molecule has 128 valence electrons. The minimum absolute atomic E-state index is 0.0307. The molecular formula is C17H20N2O4S. The summed E-state index contributed by atoms with van der Waals surface area (Å²) in [5.41, 5.74) is 1.50. The van der Waals surface area contributed by atoms with E-state index in [2.05, 4.69) is 5.32 Å². The maximum Gasteiger partial charge on any atom is 0.254 e. The van der Waals surface area contributed by atoms with Gasteiger partial charge in [0.25, 0.3) is 5.91 Å². The molecule has 0 unspecified atom stereocenters. The third kappa shape index (κ3) is 3.52. The highest BCUT2D eigenvalue weighted by Crippen LogP contribution is 2.21. The maximum atomic E-state index is 12.6. The highest BCUT2D eigenvalue weighted by atomic mass is 32.2. The number of amides is 1. The van der Waals surface area contributed by atoms with Crippen molar-refractivity contribution in [3.8, 4) is 0 Å². The largest absolute Gasteiger partial charge is 0.472 e. The Balaban J connectivity index is 1.60. The van der Waals surface area contributed by atoms with Gasteiger partial charge in [-0.25, -0.2) is 8.42 Å². The van der Waals surface area contributed by atoms with Crippen LogP contribution in [0.4, 0.5) is 0 Å². The third-order valence-corrected chi connectivity index (χ3v) is 6.14. The second-order valence-corrected chi connectivity index (χ2v) is 7.91. The molecule has 1 aliphatic heterocycles. The zero-order chi connectivity index (χ0) is 17.2. The van der Waals surface area contributed by atoms with Crippen LogP contribution in [0.2, 0.25) is 0 Å². The first kappa shape index (κ1) is 16.7. The van der Waals surface area contributed by atoms with Crippen molar-refractivity contribution in [2.24, 2.45) is 0 Å². The van der Waals surface area contributed by atoms with E-state index in [1.54, 1.807) is 30.3 Å². The van der Waals surface area contributed by atoms with E-state index in [1.165, 1.54) is 16.8 Å². The van der Waals surface area contributed by atoms with Gasteiger partial charge in [-0.05, 0) is 38.0 Å². The van der Waals surface area contributed by atoms with Crippen LogP contribution in [0.15, 0.2) is 52.2 Å². The number of piperidine rings is 1. The molecule has 1 N–H and O–H groups in total. The summed E-state index contributed by atoms with van der Waals surface area (Å²) in [5.74, 6) is -0.191. The van der Waals surface area contributed by atoms with Crippen molar-refractivity contribution < 1.29 is 17.6 Å². The van der Waals surface area contributed by atoms with E-state index in [9.17, 15) is 13.2 Å². The number of nitrogens with zero attached hydrogens (tertiary/aromatic N) is 1. The van der Waals surface area contributed by atoms with Gasteiger partial charge < -0.3 is 9.73 Å². The van der Waals surface area contributed by atoms with Gasteiger partial charge >= 0.3 is 0 Å². The molecule has 0 aliphatic carbocycles. The Kier molecular flexibility index (Phi) is 4.73. The minimum Gasteiger partial charge on any atom is -0.472 e. The Bertz CT molecular complexity index is 790. The maximum absolute atomic E-state index is 12.6. The van der Waals surface area contributed by atoms with Crippen molar-refractivity contribution in [1.29, 1.82) is 0 Å². The second kappa shape index (κ2) is 6.78. The molecule has 0 radical (unpaired) electrons. The van der Waals surface area contributed by atoms with Crippen molar-refractivity contribution in [3.63, 3.8) is 0 Å². The zero-order valence-corrected chi connectivity index (χ0v) is 14.3. The SMILES string of the molecule is Cc1ccc(S(=O)(=O)N2CCC(NC(=O)c3ccoc3)CC2)cc1. The lowest BCUT2D eigenvalue weighted by molar-refractivity contribution is 0.0923. The monoisotopic (exact) mass is 348 g/mol. The van der Waals surface area contributed by atoms with Gasteiger partial charge in [-0.2, -0.15) is 4.31 Å². The van der Waals surface area contributed by atoms with Crippen molar-refractivity contribution in [3.05, 3.63) is 54.0 Å². The highest BCUT2D eigenvalue weighted by Gasteiger charge is 2.30. The standard InChI is InChI=1S/C17H20N2O4S/c1-13-2-4-16(5-3-13)24(21,22)19-9-6-15(7-10-19)18-17(20)14-8-11-23-12-14/h2-5,8,11-12,15H,6-7,9-10H2,1H3,(H,18,20).